The highest BCUT2D eigenvalue weighted by Gasteiger charge is 2.45. The average Bonchev–Trinajstić information content (AvgIpc) is 2.30. The van der Waals surface area contributed by atoms with Gasteiger partial charge in [-0.2, -0.15) is 0 Å². The summed E-state index contributed by atoms with van der Waals surface area (Å²) < 4.78 is 5.43. The Bertz CT molecular complexity index is 436. The summed E-state index contributed by atoms with van der Waals surface area (Å²) in [5.41, 5.74) is 1.11. The van der Waals surface area contributed by atoms with Gasteiger partial charge in [-0.05, 0) is 42.6 Å². The highest BCUT2D eigenvalue weighted by Crippen LogP contribution is 2.47. The fourth-order valence-corrected chi connectivity index (χ4v) is 4.08. The van der Waals surface area contributed by atoms with E-state index in [1.165, 1.54) is 6.92 Å². The van der Waals surface area contributed by atoms with E-state index in [-0.39, 0.29) is 18.0 Å². The maximum Gasteiger partial charge on any atom is 0.303 e. The normalized spacial score (nSPS) is 37.4. The molecular formula is C17H26O3. The lowest BCUT2D eigenvalue weighted by Crippen LogP contribution is -2.45. The monoisotopic (exact) mass is 278 g/mol. The van der Waals surface area contributed by atoms with E-state index in [0.29, 0.717) is 35.9 Å². The number of Topliss-reactive ketones (excluding diaryl/α,β-unsaturated/α-hetero) is 1. The van der Waals surface area contributed by atoms with Crippen molar-refractivity contribution in [2.24, 2.45) is 29.6 Å². The number of hydrogen-bond acceptors (Lipinski definition) is 3. The van der Waals surface area contributed by atoms with Crippen molar-refractivity contribution in [3.05, 3.63) is 11.6 Å². The van der Waals surface area contributed by atoms with Gasteiger partial charge in [0.2, 0.25) is 0 Å². The third-order valence-electron chi connectivity index (χ3n) is 5.01. The Hall–Kier alpha value is -1.12. The first-order valence-electron chi connectivity index (χ1n) is 7.69. The van der Waals surface area contributed by atoms with Crippen LogP contribution in [0.15, 0.2) is 11.6 Å². The first-order valence-corrected chi connectivity index (χ1v) is 7.69. The maximum absolute atomic E-state index is 12.4. The van der Waals surface area contributed by atoms with Crippen LogP contribution in [0.1, 0.15) is 47.5 Å². The van der Waals surface area contributed by atoms with E-state index in [9.17, 15) is 9.59 Å². The van der Waals surface area contributed by atoms with Crippen LogP contribution in [0.3, 0.4) is 0 Å². The Balaban J connectivity index is 2.29. The fourth-order valence-electron chi connectivity index (χ4n) is 4.08. The summed E-state index contributed by atoms with van der Waals surface area (Å²) in [5.74, 6) is 1.84. The van der Waals surface area contributed by atoms with Gasteiger partial charge in [0.15, 0.2) is 0 Å². The molecule has 0 saturated heterocycles. The lowest BCUT2D eigenvalue weighted by atomic mass is 9.59. The lowest BCUT2D eigenvalue weighted by Gasteiger charge is -2.45. The van der Waals surface area contributed by atoms with Crippen molar-refractivity contribution in [1.29, 1.82) is 0 Å². The molecule has 0 N–H and O–H groups in total. The molecule has 1 fully saturated rings. The van der Waals surface area contributed by atoms with Gasteiger partial charge in [0.25, 0.3) is 0 Å². The summed E-state index contributed by atoms with van der Waals surface area (Å²) in [6, 6.07) is 0. The molecule has 1 saturated carbocycles. The maximum atomic E-state index is 12.4. The van der Waals surface area contributed by atoms with Gasteiger partial charge in [0.05, 0.1) is 0 Å². The quantitative estimate of drug-likeness (QED) is 0.574. The standard InChI is InChI=1S/C17H26O3/c1-9(2)17-14-6-11(4)16(20-12(5)18)8-13(14)10(3)7-15(17)19/h6,9-10,13-14,16-17H,7-8H2,1-5H3/t10?,13-,14-,16?,17?/m1/s1. The first kappa shape index (κ1) is 15.3. The molecule has 0 amide bonds. The minimum absolute atomic E-state index is 0.0998. The number of carbonyl (C=O) groups excluding carboxylic acids is 2. The molecule has 3 nitrogen and oxygen atoms in total. The van der Waals surface area contributed by atoms with E-state index in [4.69, 9.17) is 4.74 Å². The van der Waals surface area contributed by atoms with E-state index < -0.39 is 0 Å². The van der Waals surface area contributed by atoms with E-state index >= 15 is 0 Å². The smallest absolute Gasteiger partial charge is 0.303 e. The van der Waals surface area contributed by atoms with Gasteiger partial charge in [0.1, 0.15) is 11.9 Å². The molecular weight excluding hydrogens is 252 g/mol. The largest absolute Gasteiger partial charge is 0.458 e. The van der Waals surface area contributed by atoms with Crippen LogP contribution in [0.4, 0.5) is 0 Å². The molecule has 0 radical (unpaired) electrons. The number of rotatable bonds is 2. The minimum Gasteiger partial charge on any atom is -0.458 e. The second-order valence-corrected chi connectivity index (χ2v) is 6.90. The summed E-state index contributed by atoms with van der Waals surface area (Å²) in [6.45, 7) is 9.91. The van der Waals surface area contributed by atoms with Crippen molar-refractivity contribution < 1.29 is 14.3 Å². The SMILES string of the molecule is CC(=O)OC1C[C@@H]2C(C)CC(=O)C(C(C)C)[C@@H]2C=C1C. The summed E-state index contributed by atoms with van der Waals surface area (Å²) in [4.78, 5) is 23.6. The van der Waals surface area contributed by atoms with Gasteiger partial charge in [-0.25, -0.2) is 0 Å². The Morgan fingerprint density at radius 2 is 2.05 bits per heavy atom. The molecule has 0 aliphatic heterocycles. The Labute approximate surface area is 121 Å². The zero-order valence-corrected chi connectivity index (χ0v) is 13.2. The van der Waals surface area contributed by atoms with Crippen molar-refractivity contribution >= 4 is 11.8 Å². The molecule has 0 aromatic carbocycles. The third kappa shape index (κ3) is 2.82. The van der Waals surface area contributed by atoms with Crippen LogP contribution in [-0.2, 0) is 14.3 Å². The number of ketones is 1. The summed E-state index contributed by atoms with van der Waals surface area (Å²) in [5, 5.41) is 0. The Kier molecular flexibility index (Phi) is 4.36. The van der Waals surface area contributed by atoms with Gasteiger partial charge in [-0.3, -0.25) is 9.59 Å². The van der Waals surface area contributed by atoms with E-state index in [0.717, 1.165) is 12.0 Å². The van der Waals surface area contributed by atoms with Crippen LogP contribution < -0.4 is 0 Å². The predicted molar refractivity (Wildman–Crippen MR) is 78.0 cm³/mol. The molecule has 20 heavy (non-hydrogen) atoms. The summed E-state index contributed by atoms with van der Waals surface area (Å²) in [6.07, 6.45) is 3.64. The predicted octanol–water partition coefficient (Wildman–Crippen LogP) is 3.38. The molecule has 3 heteroatoms. The van der Waals surface area contributed by atoms with Gasteiger partial charge in [-0.15, -0.1) is 0 Å². The van der Waals surface area contributed by atoms with Crippen LogP contribution in [0.25, 0.3) is 0 Å². The molecule has 3 unspecified atom stereocenters. The van der Waals surface area contributed by atoms with E-state index in [1.807, 2.05) is 6.92 Å². The molecule has 0 aromatic rings. The van der Waals surface area contributed by atoms with E-state index in [2.05, 4.69) is 26.8 Å². The topological polar surface area (TPSA) is 43.4 Å². The molecule has 0 heterocycles. The van der Waals surface area contributed by atoms with Gasteiger partial charge in [0, 0.05) is 19.3 Å². The molecule has 5 atom stereocenters. The van der Waals surface area contributed by atoms with Crippen molar-refractivity contribution in [2.45, 2.75) is 53.6 Å². The second-order valence-electron chi connectivity index (χ2n) is 6.90. The lowest BCUT2D eigenvalue weighted by molar-refractivity contribution is -0.148. The zero-order valence-electron chi connectivity index (χ0n) is 13.2. The highest BCUT2D eigenvalue weighted by atomic mass is 16.5. The highest BCUT2D eigenvalue weighted by molar-refractivity contribution is 5.83. The molecule has 2 rings (SSSR count). The third-order valence-corrected chi connectivity index (χ3v) is 5.01. The Morgan fingerprint density at radius 1 is 1.40 bits per heavy atom. The number of esters is 1. The first-order chi connectivity index (χ1) is 9.31. The van der Waals surface area contributed by atoms with Crippen LogP contribution in [-0.4, -0.2) is 17.9 Å². The Morgan fingerprint density at radius 3 is 2.60 bits per heavy atom. The minimum atomic E-state index is -0.221. The molecule has 0 spiro atoms. The average molecular weight is 278 g/mol. The van der Waals surface area contributed by atoms with Crippen molar-refractivity contribution in [3.8, 4) is 0 Å². The van der Waals surface area contributed by atoms with Gasteiger partial charge < -0.3 is 4.74 Å². The molecule has 2 aliphatic carbocycles. The van der Waals surface area contributed by atoms with Gasteiger partial charge in [-0.1, -0.05) is 26.8 Å². The second kappa shape index (κ2) is 5.71. The number of carbonyl (C=O) groups is 2. The van der Waals surface area contributed by atoms with Gasteiger partial charge >= 0.3 is 5.97 Å². The number of fused-ring (bicyclic) bond motifs is 1. The number of hydrogen-bond donors (Lipinski definition) is 0. The summed E-state index contributed by atoms with van der Waals surface area (Å²) >= 11 is 0. The van der Waals surface area contributed by atoms with Crippen molar-refractivity contribution in [2.75, 3.05) is 0 Å². The van der Waals surface area contributed by atoms with Crippen molar-refractivity contribution in [1.82, 2.24) is 0 Å². The van der Waals surface area contributed by atoms with Crippen LogP contribution in [0, 0.1) is 29.6 Å². The number of ether oxygens (including phenoxy) is 1. The summed E-state index contributed by atoms with van der Waals surface area (Å²) in [7, 11) is 0. The van der Waals surface area contributed by atoms with Crippen molar-refractivity contribution in [3.63, 3.8) is 0 Å². The molecule has 2 aliphatic rings. The fraction of sp³-hybridized carbons (Fsp3) is 0.765. The zero-order chi connectivity index (χ0) is 15.0. The number of allylic oxidation sites excluding steroid dienone is 1. The van der Waals surface area contributed by atoms with E-state index in [1.54, 1.807) is 0 Å². The van der Waals surface area contributed by atoms with Crippen LogP contribution >= 0.6 is 0 Å². The molecule has 112 valence electrons. The molecule has 0 aromatic heterocycles. The van der Waals surface area contributed by atoms with Crippen LogP contribution in [0.5, 0.6) is 0 Å². The van der Waals surface area contributed by atoms with Crippen LogP contribution in [0.2, 0.25) is 0 Å². The molecule has 0 bridgehead atoms.